The van der Waals surface area contributed by atoms with Crippen LogP contribution in [0.15, 0.2) is 35.7 Å². The van der Waals surface area contributed by atoms with E-state index in [1.807, 2.05) is 18.2 Å². The van der Waals surface area contributed by atoms with Crippen molar-refractivity contribution in [3.05, 3.63) is 40.7 Å². The molecule has 1 heterocycles. The summed E-state index contributed by atoms with van der Waals surface area (Å²) in [4.78, 5) is 4.70. The highest BCUT2D eigenvalue weighted by Gasteiger charge is 2.24. The second-order valence-electron chi connectivity index (χ2n) is 5.78. The lowest BCUT2D eigenvalue weighted by Crippen LogP contribution is -2.45. The molecule has 102 valence electrons. The minimum absolute atomic E-state index is 0.118. The lowest BCUT2D eigenvalue weighted by molar-refractivity contribution is 0.268. The Labute approximate surface area is 118 Å². The Hall–Kier alpha value is -1.23. The molecule has 0 amide bonds. The van der Waals surface area contributed by atoms with Gasteiger partial charge in [0.15, 0.2) is 0 Å². The monoisotopic (exact) mass is 275 g/mol. The van der Waals surface area contributed by atoms with Crippen molar-refractivity contribution in [2.75, 3.05) is 0 Å². The molecule has 0 spiro atoms. The van der Waals surface area contributed by atoms with E-state index >= 15 is 0 Å². The van der Waals surface area contributed by atoms with Crippen LogP contribution in [0.2, 0.25) is 0 Å². The van der Waals surface area contributed by atoms with Gasteiger partial charge in [-0.15, -0.1) is 11.3 Å². The average molecular weight is 275 g/mol. The normalized spacial score (nSPS) is 13.5. The molecule has 1 aromatic heterocycles. The molecule has 2 aromatic rings. The van der Waals surface area contributed by atoms with Crippen molar-refractivity contribution in [2.24, 2.45) is 11.3 Å². The first-order valence-electron chi connectivity index (χ1n) is 6.46. The van der Waals surface area contributed by atoms with Crippen LogP contribution in [-0.4, -0.2) is 11.0 Å². The maximum atomic E-state index is 5.65. The van der Waals surface area contributed by atoms with Crippen molar-refractivity contribution in [1.82, 2.24) is 10.4 Å². The lowest BCUT2D eigenvalue weighted by atomic mass is 9.85. The Bertz CT molecular complexity index is 514. The Morgan fingerprint density at radius 1 is 1.26 bits per heavy atom. The quantitative estimate of drug-likeness (QED) is 0.665. The zero-order chi connectivity index (χ0) is 13.9. The van der Waals surface area contributed by atoms with Crippen molar-refractivity contribution in [1.29, 1.82) is 0 Å². The number of hydrogen-bond donors (Lipinski definition) is 2. The van der Waals surface area contributed by atoms with Gasteiger partial charge in [-0.05, 0) is 5.41 Å². The number of aromatic nitrogens is 1. The molecular weight excluding hydrogens is 254 g/mol. The number of nitrogens with zero attached hydrogens (tertiary/aromatic N) is 1. The van der Waals surface area contributed by atoms with E-state index in [0.29, 0.717) is 0 Å². The zero-order valence-electron chi connectivity index (χ0n) is 11.7. The number of benzene rings is 1. The molecule has 0 fully saturated rings. The van der Waals surface area contributed by atoms with Crippen LogP contribution in [0, 0.1) is 5.41 Å². The summed E-state index contributed by atoms with van der Waals surface area (Å²) in [5, 5.41) is 3.23. The molecule has 1 atom stereocenters. The standard InChI is InChI=1S/C15H21N3S/c1-15(2,3)13(18-16)9-14-17-12(10-19-14)11-7-5-4-6-8-11/h4-8,10,13,18H,9,16H2,1-3H3. The van der Waals surface area contributed by atoms with Gasteiger partial charge in [0, 0.05) is 23.4 Å². The molecule has 3 N–H and O–H groups in total. The third-order valence-corrected chi connectivity index (χ3v) is 4.12. The number of hydrazine groups is 1. The molecule has 0 saturated heterocycles. The predicted molar refractivity (Wildman–Crippen MR) is 81.8 cm³/mol. The Kier molecular flexibility index (Phi) is 4.34. The first-order chi connectivity index (χ1) is 9.00. The summed E-state index contributed by atoms with van der Waals surface area (Å²) in [5.41, 5.74) is 5.24. The Morgan fingerprint density at radius 2 is 1.95 bits per heavy atom. The second-order valence-corrected chi connectivity index (χ2v) is 6.72. The van der Waals surface area contributed by atoms with Crippen LogP contribution in [0.25, 0.3) is 11.3 Å². The molecule has 4 heteroatoms. The maximum absolute atomic E-state index is 5.65. The van der Waals surface area contributed by atoms with Gasteiger partial charge in [0.1, 0.15) is 0 Å². The molecule has 19 heavy (non-hydrogen) atoms. The van der Waals surface area contributed by atoms with E-state index in [1.54, 1.807) is 11.3 Å². The van der Waals surface area contributed by atoms with Crippen LogP contribution in [-0.2, 0) is 6.42 Å². The molecule has 0 aliphatic heterocycles. The maximum Gasteiger partial charge on any atom is 0.0948 e. The van der Waals surface area contributed by atoms with Gasteiger partial charge in [-0.25, -0.2) is 4.98 Å². The van der Waals surface area contributed by atoms with Crippen LogP contribution >= 0.6 is 11.3 Å². The molecule has 2 rings (SSSR count). The molecule has 0 saturated carbocycles. The van der Waals surface area contributed by atoms with Crippen molar-refractivity contribution < 1.29 is 0 Å². The van der Waals surface area contributed by atoms with Gasteiger partial charge in [-0.1, -0.05) is 51.1 Å². The van der Waals surface area contributed by atoms with E-state index < -0.39 is 0 Å². The summed E-state index contributed by atoms with van der Waals surface area (Å²) in [6, 6.07) is 10.5. The van der Waals surface area contributed by atoms with Gasteiger partial charge < -0.3 is 0 Å². The lowest BCUT2D eigenvalue weighted by Gasteiger charge is -2.29. The minimum Gasteiger partial charge on any atom is -0.271 e. The summed E-state index contributed by atoms with van der Waals surface area (Å²) < 4.78 is 0. The summed E-state index contributed by atoms with van der Waals surface area (Å²) in [6.07, 6.45) is 0.859. The summed E-state index contributed by atoms with van der Waals surface area (Å²) in [6.45, 7) is 6.55. The van der Waals surface area contributed by atoms with E-state index in [-0.39, 0.29) is 11.5 Å². The van der Waals surface area contributed by atoms with E-state index in [1.165, 1.54) is 0 Å². The smallest absolute Gasteiger partial charge is 0.0948 e. The average Bonchev–Trinajstić information content (AvgIpc) is 2.84. The van der Waals surface area contributed by atoms with Crippen LogP contribution < -0.4 is 11.3 Å². The van der Waals surface area contributed by atoms with Crippen molar-refractivity contribution >= 4 is 11.3 Å². The zero-order valence-corrected chi connectivity index (χ0v) is 12.5. The highest BCUT2D eigenvalue weighted by atomic mass is 32.1. The Balaban J connectivity index is 2.14. The van der Waals surface area contributed by atoms with Gasteiger partial charge in [0.25, 0.3) is 0 Å². The first-order valence-corrected chi connectivity index (χ1v) is 7.34. The Morgan fingerprint density at radius 3 is 2.53 bits per heavy atom. The minimum atomic E-state index is 0.118. The topological polar surface area (TPSA) is 50.9 Å². The van der Waals surface area contributed by atoms with Gasteiger partial charge >= 0.3 is 0 Å². The third-order valence-electron chi connectivity index (χ3n) is 3.25. The molecule has 0 bridgehead atoms. The molecule has 3 nitrogen and oxygen atoms in total. The number of hydrogen-bond acceptors (Lipinski definition) is 4. The molecule has 0 aliphatic carbocycles. The fraction of sp³-hybridized carbons (Fsp3) is 0.400. The van der Waals surface area contributed by atoms with E-state index in [2.05, 4.69) is 43.7 Å². The molecule has 1 aromatic carbocycles. The summed E-state index contributed by atoms with van der Waals surface area (Å²) >= 11 is 1.70. The largest absolute Gasteiger partial charge is 0.271 e. The van der Waals surface area contributed by atoms with Gasteiger partial charge in [-0.3, -0.25) is 11.3 Å². The van der Waals surface area contributed by atoms with Gasteiger partial charge in [0.2, 0.25) is 0 Å². The van der Waals surface area contributed by atoms with E-state index in [0.717, 1.165) is 22.7 Å². The molecule has 1 unspecified atom stereocenters. The van der Waals surface area contributed by atoms with E-state index in [9.17, 15) is 0 Å². The second kappa shape index (κ2) is 5.82. The third kappa shape index (κ3) is 3.62. The number of thiazole rings is 1. The number of nitrogens with two attached hydrogens (primary N) is 1. The van der Waals surface area contributed by atoms with Crippen molar-refractivity contribution in [2.45, 2.75) is 33.2 Å². The fourth-order valence-electron chi connectivity index (χ4n) is 1.94. The van der Waals surface area contributed by atoms with Crippen LogP contribution in [0.5, 0.6) is 0 Å². The van der Waals surface area contributed by atoms with Crippen molar-refractivity contribution in [3.8, 4) is 11.3 Å². The highest BCUT2D eigenvalue weighted by Crippen LogP contribution is 2.26. The SMILES string of the molecule is CC(C)(C)C(Cc1nc(-c2ccccc2)cs1)NN. The van der Waals surface area contributed by atoms with Crippen molar-refractivity contribution in [3.63, 3.8) is 0 Å². The molecule has 0 aliphatic rings. The first kappa shape index (κ1) is 14.2. The number of nitrogens with one attached hydrogen (secondary N) is 1. The molecular formula is C15H21N3S. The predicted octanol–water partition coefficient (Wildman–Crippen LogP) is 3.23. The molecule has 0 radical (unpaired) electrons. The fourth-order valence-corrected chi connectivity index (χ4v) is 2.79. The summed E-state index contributed by atoms with van der Waals surface area (Å²) in [7, 11) is 0. The van der Waals surface area contributed by atoms with Crippen LogP contribution in [0.4, 0.5) is 0 Å². The van der Waals surface area contributed by atoms with Crippen LogP contribution in [0.1, 0.15) is 25.8 Å². The van der Waals surface area contributed by atoms with Crippen LogP contribution in [0.3, 0.4) is 0 Å². The highest BCUT2D eigenvalue weighted by molar-refractivity contribution is 7.09. The van der Waals surface area contributed by atoms with Gasteiger partial charge in [-0.2, -0.15) is 0 Å². The number of rotatable bonds is 4. The van der Waals surface area contributed by atoms with Gasteiger partial charge in [0.05, 0.1) is 10.7 Å². The van der Waals surface area contributed by atoms with E-state index in [4.69, 9.17) is 10.8 Å². The summed E-state index contributed by atoms with van der Waals surface area (Å²) in [5.74, 6) is 5.65.